The van der Waals surface area contributed by atoms with Gasteiger partial charge in [-0.3, -0.25) is 4.90 Å². The van der Waals surface area contributed by atoms with Crippen LogP contribution in [0.4, 0.5) is 18.0 Å². The molecule has 0 spiro atoms. The van der Waals surface area contributed by atoms with E-state index in [0.717, 1.165) is 6.42 Å². The Kier molecular flexibility index (Phi) is 6.17. The van der Waals surface area contributed by atoms with Crippen molar-refractivity contribution in [3.8, 4) is 5.75 Å². The highest BCUT2D eigenvalue weighted by atomic mass is 35.5. The molecule has 0 bridgehead atoms. The molecule has 0 unspecified atom stereocenters. The lowest BCUT2D eigenvalue weighted by atomic mass is 10.1. The number of carbonyl (C=O) groups excluding carboxylic acids is 1. The fourth-order valence-corrected chi connectivity index (χ4v) is 2.69. The first-order valence-electron chi connectivity index (χ1n) is 7.41. The van der Waals surface area contributed by atoms with Crippen LogP contribution in [0.3, 0.4) is 0 Å². The molecule has 1 amide bonds. The molecule has 2 N–H and O–H groups in total. The minimum atomic E-state index is -4.67. The number of nitrogens with zero attached hydrogens (tertiary/aromatic N) is 1. The van der Waals surface area contributed by atoms with Gasteiger partial charge in [0, 0.05) is 18.1 Å². The molecule has 1 heterocycles. The first kappa shape index (κ1) is 18.7. The maximum absolute atomic E-state index is 12.9. The topological polar surface area (TPSA) is 64.8 Å². The molecule has 1 saturated heterocycles. The van der Waals surface area contributed by atoms with Crippen LogP contribution >= 0.6 is 11.6 Å². The lowest BCUT2D eigenvalue weighted by molar-refractivity contribution is -0.208. The van der Waals surface area contributed by atoms with Crippen molar-refractivity contribution in [2.24, 2.45) is 5.73 Å². The molecule has 0 aliphatic carbocycles. The van der Waals surface area contributed by atoms with Crippen molar-refractivity contribution < 1.29 is 27.4 Å². The third-order valence-corrected chi connectivity index (χ3v) is 3.88. The first-order valence-corrected chi connectivity index (χ1v) is 7.79. The molecule has 24 heavy (non-hydrogen) atoms. The van der Waals surface area contributed by atoms with E-state index in [4.69, 9.17) is 22.1 Å². The van der Waals surface area contributed by atoms with Gasteiger partial charge in [-0.15, -0.1) is 0 Å². The Labute approximate surface area is 142 Å². The Hall–Kier alpha value is -1.67. The number of hydrogen-bond donors (Lipinski definition) is 1. The van der Waals surface area contributed by atoms with Crippen molar-refractivity contribution in [1.29, 1.82) is 0 Å². The Morgan fingerprint density at radius 3 is 2.62 bits per heavy atom. The Morgan fingerprint density at radius 2 is 2.04 bits per heavy atom. The van der Waals surface area contributed by atoms with Gasteiger partial charge in [0.05, 0.1) is 0 Å². The van der Waals surface area contributed by atoms with Gasteiger partial charge in [0.2, 0.25) is 6.10 Å². The Balaban J connectivity index is 1.93. The van der Waals surface area contributed by atoms with Gasteiger partial charge in [0.25, 0.3) is 0 Å². The highest BCUT2D eigenvalue weighted by Crippen LogP contribution is 2.26. The lowest BCUT2D eigenvalue weighted by Crippen LogP contribution is -2.49. The van der Waals surface area contributed by atoms with E-state index in [9.17, 15) is 18.0 Å². The minimum absolute atomic E-state index is 0.248. The van der Waals surface area contributed by atoms with Crippen molar-refractivity contribution in [2.45, 2.75) is 31.2 Å². The normalized spacial score (nSPS) is 20.4. The number of amides is 1. The fourth-order valence-electron chi connectivity index (χ4n) is 2.56. The SMILES string of the molecule is NC(=O)O[C@@H](CN1CCC[C@H](Oc2ccc(Cl)cc2)C1)C(F)(F)F. The van der Waals surface area contributed by atoms with Crippen molar-refractivity contribution in [1.82, 2.24) is 4.90 Å². The van der Waals surface area contributed by atoms with Crippen molar-refractivity contribution in [3.05, 3.63) is 29.3 Å². The van der Waals surface area contributed by atoms with Crippen LogP contribution in [0.1, 0.15) is 12.8 Å². The molecule has 1 aromatic rings. The molecule has 0 aromatic heterocycles. The van der Waals surface area contributed by atoms with E-state index in [0.29, 0.717) is 30.3 Å². The van der Waals surface area contributed by atoms with E-state index >= 15 is 0 Å². The molecule has 2 rings (SSSR count). The van der Waals surface area contributed by atoms with Gasteiger partial charge in [-0.25, -0.2) is 4.79 Å². The monoisotopic (exact) mass is 366 g/mol. The molecule has 1 aliphatic rings. The van der Waals surface area contributed by atoms with E-state index in [2.05, 4.69) is 4.74 Å². The van der Waals surface area contributed by atoms with Crippen molar-refractivity contribution in [2.75, 3.05) is 19.6 Å². The molecule has 1 aromatic carbocycles. The molecule has 5 nitrogen and oxygen atoms in total. The van der Waals surface area contributed by atoms with Gasteiger partial charge in [-0.05, 0) is 43.7 Å². The second-order valence-corrected chi connectivity index (χ2v) is 6.00. The number of piperidine rings is 1. The van der Waals surface area contributed by atoms with Crippen LogP contribution in [-0.4, -0.2) is 49.0 Å². The number of hydrogen-bond acceptors (Lipinski definition) is 4. The number of rotatable bonds is 5. The van der Waals surface area contributed by atoms with E-state index in [-0.39, 0.29) is 6.10 Å². The van der Waals surface area contributed by atoms with Gasteiger partial charge >= 0.3 is 12.3 Å². The van der Waals surface area contributed by atoms with Crippen LogP contribution in [0, 0.1) is 0 Å². The minimum Gasteiger partial charge on any atom is -0.489 e. The molecule has 1 aliphatic heterocycles. The second kappa shape index (κ2) is 7.94. The summed E-state index contributed by atoms with van der Waals surface area (Å²) in [6.07, 6.45) is -7.19. The summed E-state index contributed by atoms with van der Waals surface area (Å²) in [7, 11) is 0. The van der Waals surface area contributed by atoms with Gasteiger partial charge in [0.1, 0.15) is 11.9 Å². The predicted molar refractivity (Wildman–Crippen MR) is 82.1 cm³/mol. The van der Waals surface area contributed by atoms with E-state index in [1.807, 2.05) is 0 Å². The molecule has 0 saturated carbocycles. The van der Waals surface area contributed by atoms with Gasteiger partial charge < -0.3 is 15.2 Å². The van der Waals surface area contributed by atoms with Crippen molar-refractivity contribution >= 4 is 17.7 Å². The summed E-state index contributed by atoms with van der Waals surface area (Å²) in [5.41, 5.74) is 4.72. The third kappa shape index (κ3) is 5.76. The summed E-state index contributed by atoms with van der Waals surface area (Å²) >= 11 is 5.80. The quantitative estimate of drug-likeness (QED) is 0.869. The number of carbonyl (C=O) groups is 1. The summed E-state index contributed by atoms with van der Waals surface area (Å²) < 4.78 is 48.7. The number of alkyl halides is 3. The van der Waals surface area contributed by atoms with Gasteiger partial charge in [-0.2, -0.15) is 13.2 Å². The average Bonchev–Trinajstić information content (AvgIpc) is 2.48. The predicted octanol–water partition coefficient (Wildman–Crippen LogP) is 3.21. The zero-order valence-electron chi connectivity index (χ0n) is 12.8. The zero-order chi connectivity index (χ0) is 17.7. The van der Waals surface area contributed by atoms with E-state index in [1.165, 1.54) is 0 Å². The number of benzene rings is 1. The summed E-state index contributed by atoms with van der Waals surface area (Å²) in [5, 5.41) is 0.573. The summed E-state index contributed by atoms with van der Waals surface area (Å²) in [6.45, 7) is 0.305. The highest BCUT2D eigenvalue weighted by Gasteiger charge is 2.44. The maximum Gasteiger partial charge on any atom is 0.426 e. The van der Waals surface area contributed by atoms with E-state index < -0.39 is 24.9 Å². The molecular formula is C15H18ClF3N2O3. The number of ether oxygens (including phenoxy) is 2. The third-order valence-electron chi connectivity index (χ3n) is 3.63. The molecule has 134 valence electrons. The zero-order valence-corrected chi connectivity index (χ0v) is 13.5. The van der Waals surface area contributed by atoms with Crippen LogP contribution in [0.5, 0.6) is 5.75 Å². The largest absolute Gasteiger partial charge is 0.489 e. The first-order chi connectivity index (χ1) is 11.2. The van der Waals surface area contributed by atoms with Crippen LogP contribution < -0.4 is 10.5 Å². The van der Waals surface area contributed by atoms with Crippen molar-refractivity contribution in [3.63, 3.8) is 0 Å². The van der Waals surface area contributed by atoms with Crippen LogP contribution in [0.15, 0.2) is 24.3 Å². The van der Waals surface area contributed by atoms with Gasteiger partial charge in [-0.1, -0.05) is 11.6 Å². The summed E-state index contributed by atoms with van der Waals surface area (Å²) in [4.78, 5) is 12.2. The standard InChI is InChI=1S/C15H18ClF3N2O3/c16-10-3-5-11(6-4-10)23-12-2-1-7-21(8-12)9-13(15(17,18)19)24-14(20)22/h3-6,12-13H,1-2,7-9H2,(H2,20,22)/t12-,13-/m0/s1. The smallest absolute Gasteiger partial charge is 0.426 e. The van der Waals surface area contributed by atoms with Gasteiger partial charge in [0.15, 0.2) is 0 Å². The van der Waals surface area contributed by atoms with Crippen LogP contribution in [0.2, 0.25) is 5.02 Å². The Morgan fingerprint density at radius 1 is 1.38 bits per heavy atom. The van der Waals surface area contributed by atoms with Crippen LogP contribution in [0.25, 0.3) is 0 Å². The molecule has 2 atom stereocenters. The van der Waals surface area contributed by atoms with Crippen LogP contribution in [-0.2, 0) is 4.74 Å². The lowest BCUT2D eigenvalue weighted by Gasteiger charge is -2.35. The summed E-state index contributed by atoms with van der Waals surface area (Å²) in [6, 6.07) is 6.77. The fraction of sp³-hybridized carbons (Fsp3) is 0.533. The summed E-state index contributed by atoms with van der Waals surface area (Å²) in [5.74, 6) is 0.604. The average molecular weight is 367 g/mol. The Bertz CT molecular complexity index is 554. The molecule has 0 radical (unpaired) electrons. The van der Waals surface area contributed by atoms with E-state index in [1.54, 1.807) is 29.2 Å². The molecular weight excluding hydrogens is 349 g/mol. The number of likely N-dealkylation sites (tertiary alicyclic amines) is 1. The number of primary amides is 1. The highest BCUT2D eigenvalue weighted by molar-refractivity contribution is 6.30. The second-order valence-electron chi connectivity index (χ2n) is 5.56. The number of halogens is 4. The number of nitrogens with two attached hydrogens (primary N) is 1. The molecule has 9 heteroatoms. The molecule has 1 fully saturated rings. The maximum atomic E-state index is 12.9.